The average molecular weight is 369 g/mol. The molecular weight excluding hydrogens is 340 g/mol. The van der Waals surface area contributed by atoms with Crippen molar-refractivity contribution in [2.24, 2.45) is 5.92 Å². The van der Waals surface area contributed by atoms with Crippen molar-refractivity contribution in [2.45, 2.75) is 51.9 Å². The predicted octanol–water partition coefficient (Wildman–Crippen LogP) is 4.59. The van der Waals surface area contributed by atoms with Gasteiger partial charge in [0.2, 0.25) is 0 Å². The van der Waals surface area contributed by atoms with Gasteiger partial charge in [-0.15, -0.1) is 0 Å². The number of ether oxygens (including phenoxy) is 3. The van der Waals surface area contributed by atoms with Gasteiger partial charge >= 0.3 is 0 Å². The van der Waals surface area contributed by atoms with Crippen LogP contribution in [0.25, 0.3) is 0 Å². The fraction of sp³-hybridized carbons (Fsp3) is 0.650. The first kappa shape index (κ1) is 20.2. The van der Waals surface area contributed by atoms with Gasteiger partial charge in [0.15, 0.2) is 6.79 Å². The van der Waals surface area contributed by atoms with Gasteiger partial charge < -0.3 is 14.2 Å². The number of hydrogen-bond acceptors (Lipinski definition) is 4. The van der Waals surface area contributed by atoms with Gasteiger partial charge in [-0.25, -0.2) is 0 Å². The maximum Gasteiger partial charge on any atom is 0.189 e. The fourth-order valence-electron chi connectivity index (χ4n) is 3.30. The number of methoxy groups -OCH3 is 1. The van der Waals surface area contributed by atoms with E-state index in [2.05, 4.69) is 13.0 Å². The molecule has 5 heteroatoms. The Labute approximate surface area is 155 Å². The Morgan fingerprint density at radius 3 is 2.68 bits per heavy atom. The van der Waals surface area contributed by atoms with Gasteiger partial charge in [-0.05, 0) is 42.9 Å². The number of halogens is 1. The summed E-state index contributed by atoms with van der Waals surface area (Å²) in [7, 11) is 1.63. The minimum atomic E-state index is 0.148. The molecule has 0 bridgehead atoms. The Kier molecular flexibility index (Phi) is 8.73. The molecule has 0 N–H and O–H groups in total. The zero-order valence-corrected chi connectivity index (χ0v) is 16.1. The molecule has 0 saturated heterocycles. The minimum Gasteiger partial charge on any atom is -0.466 e. The Morgan fingerprint density at radius 1 is 1.24 bits per heavy atom. The van der Waals surface area contributed by atoms with Crippen molar-refractivity contribution in [2.75, 3.05) is 27.1 Å². The molecular formula is C20H29ClO4. The summed E-state index contributed by atoms with van der Waals surface area (Å²) in [5, 5.41) is 0.581. The summed E-state index contributed by atoms with van der Waals surface area (Å²) >= 11 is 6.41. The highest BCUT2D eigenvalue weighted by Gasteiger charge is 2.22. The molecule has 1 aliphatic carbocycles. The molecule has 1 aromatic carbocycles. The molecule has 0 spiro atoms. The van der Waals surface area contributed by atoms with Crippen molar-refractivity contribution in [3.8, 4) is 5.75 Å². The number of aryl methyl sites for hydroxylation is 2. The van der Waals surface area contributed by atoms with Crippen molar-refractivity contribution in [3.63, 3.8) is 0 Å². The van der Waals surface area contributed by atoms with Crippen LogP contribution in [-0.2, 0) is 27.1 Å². The van der Waals surface area contributed by atoms with E-state index >= 15 is 0 Å². The molecule has 0 aromatic heterocycles. The van der Waals surface area contributed by atoms with Gasteiger partial charge in [0.1, 0.15) is 11.5 Å². The van der Waals surface area contributed by atoms with Gasteiger partial charge in [0.05, 0.1) is 18.2 Å². The van der Waals surface area contributed by atoms with Gasteiger partial charge in [-0.3, -0.25) is 4.79 Å². The summed E-state index contributed by atoms with van der Waals surface area (Å²) in [5.74, 6) is 1.36. The Balaban J connectivity index is 1.91. The molecule has 0 atom stereocenters. The zero-order chi connectivity index (χ0) is 18.1. The van der Waals surface area contributed by atoms with Crippen molar-refractivity contribution < 1.29 is 19.0 Å². The number of hydrogen-bond donors (Lipinski definition) is 0. The fourth-order valence-corrected chi connectivity index (χ4v) is 3.62. The molecule has 140 valence electrons. The maximum atomic E-state index is 12.3. The van der Waals surface area contributed by atoms with Crippen molar-refractivity contribution in [1.29, 1.82) is 0 Å². The zero-order valence-electron chi connectivity index (χ0n) is 15.3. The molecule has 1 saturated carbocycles. The summed E-state index contributed by atoms with van der Waals surface area (Å²) in [4.78, 5) is 12.3. The smallest absolute Gasteiger partial charge is 0.189 e. The number of ketones is 1. The van der Waals surface area contributed by atoms with E-state index in [1.165, 1.54) is 12.8 Å². The molecule has 4 nitrogen and oxygen atoms in total. The lowest BCUT2D eigenvalue weighted by molar-refractivity contribution is -0.122. The largest absolute Gasteiger partial charge is 0.466 e. The molecule has 1 aromatic rings. The van der Waals surface area contributed by atoms with E-state index in [0.717, 1.165) is 36.8 Å². The van der Waals surface area contributed by atoms with E-state index in [-0.39, 0.29) is 12.7 Å². The van der Waals surface area contributed by atoms with E-state index in [9.17, 15) is 4.79 Å². The molecule has 2 rings (SSSR count). The van der Waals surface area contributed by atoms with Gasteiger partial charge in [0, 0.05) is 19.4 Å². The third-order valence-electron chi connectivity index (χ3n) is 4.75. The second-order valence-corrected chi connectivity index (χ2v) is 6.94. The Bertz CT molecular complexity index is 553. The van der Waals surface area contributed by atoms with Gasteiger partial charge in [0.25, 0.3) is 0 Å². The number of carbonyl (C=O) groups is 1. The first-order chi connectivity index (χ1) is 12.2. The molecule has 0 unspecified atom stereocenters. The number of carbonyl (C=O) groups excluding carboxylic acids is 1. The van der Waals surface area contributed by atoms with Crippen LogP contribution in [-0.4, -0.2) is 32.9 Å². The maximum absolute atomic E-state index is 12.3. The van der Waals surface area contributed by atoms with E-state index in [1.54, 1.807) is 7.11 Å². The third-order valence-corrected chi connectivity index (χ3v) is 5.03. The second kappa shape index (κ2) is 10.8. The van der Waals surface area contributed by atoms with Gasteiger partial charge in [-0.1, -0.05) is 37.4 Å². The molecule has 0 aliphatic heterocycles. The van der Waals surface area contributed by atoms with Crippen molar-refractivity contribution >= 4 is 17.4 Å². The van der Waals surface area contributed by atoms with Crippen LogP contribution < -0.4 is 4.74 Å². The monoisotopic (exact) mass is 368 g/mol. The van der Waals surface area contributed by atoms with Crippen LogP contribution in [0.4, 0.5) is 0 Å². The van der Waals surface area contributed by atoms with Crippen LogP contribution >= 0.6 is 11.6 Å². The minimum absolute atomic E-state index is 0.148. The second-order valence-electron chi connectivity index (χ2n) is 6.53. The molecule has 1 fully saturated rings. The summed E-state index contributed by atoms with van der Waals surface area (Å²) in [5.41, 5.74) is 2.15. The molecule has 25 heavy (non-hydrogen) atoms. The summed E-state index contributed by atoms with van der Waals surface area (Å²) < 4.78 is 16.0. The lowest BCUT2D eigenvalue weighted by atomic mass is 9.96. The molecule has 0 radical (unpaired) electrons. The highest BCUT2D eigenvalue weighted by Crippen LogP contribution is 2.32. The topological polar surface area (TPSA) is 44.8 Å². The summed E-state index contributed by atoms with van der Waals surface area (Å²) in [6.45, 7) is 3.23. The molecule has 0 heterocycles. The van der Waals surface area contributed by atoms with Crippen molar-refractivity contribution in [3.05, 3.63) is 28.3 Å². The predicted molar refractivity (Wildman–Crippen MR) is 99.4 cm³/mol. The van der Waals surface area contributed by atoms with Crippen LogP contribution in [0.5, 0.6) is 5.75 Å². The Morgan fingerprint density at radius 2 is 2.00 bits per heavy atom. The SMILES string of the molecule is CCc1cc(CCC(=O)C2CCCC2)cc(Cl)c1OCOCCOC. The first-order valence-corrected chi connectivity index (χ1v) is 9.57. The van der Waals surface area contributed by atoms with E-state index < -0.39 is 0 Å². The quantitative estimate of drug-likeness (QED) is 0.423. The summed E-state index contributed by atoms with van der Waals surface area (Å²) in [6, 6.07) is 4.01. The highest BCUT2D eigenvalue weighted by atomic mass is 35.5. The van der Waals surface area contributed by atoms with Crippen molar-refractivity contribution in [1.82, 2.24) is 0 Å². The van der Waals surface area contributed by atoms with Crippen LogP contribution in [0.1, 0.15) is 50.2 Å². The van der Waals surface area contributed by atoms with E-state index in [0.29, 0.717) is 36.2 Å². The Hall–Kier alpha value is -1.10. The third kappa shape index (κ3) is 6.28. The standard InChI is InChI=1S/C20H29ClO4/c1-3-16-12-15(8-9-19(22)17-6-4-5-7-17)13-18(21)20(16)25-14-24-11-10-23-2/h12-13,17H,3-11,14H2,1-2H3. The first-order valence-electron chi connectivity index (χ1n) is 9.19. The lowest BCUT2D eigenvalue weighted by Gasteiger charge is -2.15. The van der Waals surface area contributed by atoms with E-state index in [1.807, 2.05) is 6.07 Å². The molecule has 1 aliphatic rings. The lowest BCUT2D eigenvalue weighted by Crippen LogP contribution is -2.12. The average Bonchev–Trinajstić information content (AvgIpc) is 3.15. The highest BCUT2D eigenvalue weighted by molar-refractivity contribution is 6.32. The van der Waals surface area contributed by atoms with E-state index in [4.69, 9.17) is 25.8 Å². The van der Waals surface area contributed by atoms with Crippen LogP contribution in [0, 0.1) is 5.92 Å². The normalized spacial score (nSPS) is 14.8. The summed E-state index contributed by atoms with van der Waals surface area (Å²) in [6.07, 6.45) is 6.68. The number of rotatable bonds is 11. The van der Waals surface area contributed by atoms with Gasteiger partial charge in [-0.2, -0.15) is 0 Å². The number of benzene rings is 1. The number of Topliss-reactive ketones (excluding diaryl/α,β-unsaturated/α-hetero) is 1. The molecule has 0 amide bonds. The van der Waals surface area contributed by atoms with Crippen LogP contribution in [0.3, 0.4) is 0 Å². The van der Waals surface area contributed by atoms with Crippen LogP contribution in [0.2, 0.25) is 5.02 Å². The van der Waals surface area contributed by atoms with Crippen LogP contribution in [0.15, 0.2) is 12.1 Å².